The van der Waals surface area contributed by atoms with Crippen molar-refractivity contribution in [2.24, 2.45) is 5.92 Å². The van der Waals surface area contributed by atoms with E-state index >= 15 is 0 Å². The number of carbonyl (C=O) groups excluding carboxylic acids is 1. The van der Waals surface area contributed by atoms with Gasteiger partial charge in [0.1, 0.15) is 5.75 Å². The molecule has 8 heteroatoms. The largest absolute Gasteiger partial charge is 0.495 e. The molecule has 0 spiro atoms. The van der Waals surface area contributed by atoms with Gasteiger partial charge in [0.05, 0.1) is 36.8 Å². The number of anilines is 1. The first-order chi connectivity index (χ1) is 14.9. The first-order valence-electron chi connectivity index (χ1n) is 10.5. The second-order valence-electron chi connectivity index (χ2n) is 7.64. The SMILES string of the molecule is CC[C@H](C)[C@@H](C(=O)Nc1cc(S(=O)(=O)N2CCOCC2)ccc1OC)c1ccccc1. The predicted octanol–water partition coefficient (Wildman–Crippen LogP) is 3.48. The number of carbonyl (C=O) groups is 1. The maximum Gasteiger partial charge on any atom is 0.243 e. The van der Waals surface area contributed by atoms with Gasteiger partial charge in [-0.1, -0.05) is 50.6 Å². The van der Waals surface area contributed by atoms with E-state index in [-0.39, 0.29) is 22.6 Å². The van der Waals surface area contributed by atoms with E-state index in [1.165, 1.54) is 23.5 Å². The number of benzene rings is 2. The summed E-state index contributed by atoms with van der Waals surface area (Å²) in [6.07, 6.45) is 0.829. The average Bonchev–Trinajstić information content (AvgIpc) is 2.80. The van der Waals surface area contributed by atoms with Crippen LogP contribution in [-0.2, 0) is 19.6 Å². The third-order valence-electron chi connectivity index (χ3n) is 5.69. The summed E-state index contributed by atoms with van der Waals surface area (Å²) in [5.74, 6) is -0.0471. The molecule has 3 rings (SSSR count). The van der Waals surface area contributed by atoms with Crippen LogP contribution >= 0.6 is 0 Å². The van der Waals surface area contributed by atoms with Crippen molar-refractivity contribution in [1.82, 2.24) is 4.31 Å². The summed E-state index contributed by atoms with van der Waals surface area (Å²) in [5, 5.41) is 2.92. The summed E-state index contributed by atoms with van der Waals surface area (Å²) in [6.45, 7) is 5.43. The zero-order valence-electron chi connectivity index (χ0n) is 18.2. The Morgan fingerprint density at radius 3 is 2.45 bits per heavy atom. The van der Waals surface area contributed by atoms with E-state index in [0.29, 0.717) is 37.7 Å². The molecule has 2 aromatic rings. The number of hydrogen-bond acceptors (Lipinski definition) is 5. The van der Waals surface area contributed by atoms with Gasteiger partial charge >= 0.3 is 0 Å². The molecule has 1 saturated heterocycles. The minimum absolute atomic E-state index is 0.105. The van der Waals surface area contributed by atoms with Gasteiger partial charge in [0.15, 0.2) is 0 Å². The number of sulfonamides is 1. The molecule has 1 heterocycles. The van der Waals surface area contributed by atoms with E-state index in [2.05, 4.69) is 5.32 Å². The molecule has 1 fully saturated rings. The zero-order valence-corrected chi connectivity index (χ0v) is 19.0. The van der Waals surface area contributed by atoms with Crippen molar-refractivity contribution in [2.75, 3.05) is 38.7 Å². The molecule has 1 N–H and O–H groups in total. The van der Waals surface area contributed by atoms with Crippen molar-refractivity contribution in [1.29, 1.82) is 0 Å². The van der Waals surface area contributed by atoms with E-state index in [1.807, 2.05) is 44.2 Å². The lowest BCUT2D eigenvalue weighted by Crippen LogP contribution is -2.40. The highest BCUT2D eigenvalue weighted by Gasteiger charge is 2.29. The van der Waals surface area contributed by atoms with Crippen molar-refractivity contribution in [3.8, 4) is 5.75 Å². The van der Waals surface area contributed by atoms with Gasteiger partial charge in [-0.15, -0.1) is 0 Å². The molecule has 2 aromatic carbocycles. The van der Waals surface area contributed by atoms with Crippen LogP contribution in [0.25, 0.3) is 0 Å². The molecule has 1 amide bonds. The van der Waals surface area contributed by atoms with Gasteiger partial charge in [-0.25, -0.2) is 8.42 Å². The number of amides is 1. The first kappa shape index (κ1) is 23.2. The molecule has 7 nitrogen and oxygen atoms in total. The van der Waals surface area contributed by atoms with Crippen LogP contribution in [0.3, 0.4) is 0 Å². The van der Waals surface area contributed by atoms with Crippen LogP contribution in [0.2, 0.25) is 0 Å². The fourth-order valence-corrected chi connectivity index (χ4v) is 5.16. The van der Waals surface area contributed by atoms with Crippen molar-refractivity contribution >= 4 is 21.6 Å². The Labute approximate surface area is 184 Å². The van der Waals surface area contributed by atoms with E-state index in [0.717, 1.165) is 12.0 Å². The van der Waals surface area contributed by atoms with E-state index in [4.69, 9.17) is 9.47 Å². The van der Waals surface area contributed by atoms with Gasteiger partial charge in [-0.2, -0.15) is 4.31 Å². The Hall–Kier alpha value is -2.42. The molecule has 0 aliphatic carbocycles. The molecule has 0 radical (unpaired) electrons. The molecule has 1 aliphatic heterocycles. The van der Waals surface area contributed by atoms with Crippen LogP contribution in [0.5, 0.6) is 5.75 Å². The third kappa shape index (κ3) is 5.26. The molecular formula is C23H30N2O5S. The number of rotatable bonds is 8. The van der Waals surface area contributed by atoms with Gasteiger partial charge in [-0.3, -0.25) is 4.79 Å². The topological polar surface area (TPSA) is 84.9 Å². The second kappa shape index (κ2) is 10.3. The number of hydrogen-bond donors (Lipinski definition) is 1. The van der Waals surface area contributed by atoms with Crippen molar-refractivity contribution in [3.05, 3.63) is 54.1 Å². The fraction of sp³-hybridized carbons (Fsp3) is 0.435. The van der Waals surface area contributed by atoms with E-state index in [1.54, 1.807) is 6.07 Å². The average molecular weight is 447 g/mol. The molecule has 0 aromatic heterocycles. The maximum absolute atomic E-state index is 13.3. The summed E-state index contributed by atoms with van der Waals surface area (Å²) >= 11 is 0. The Balaban J connectivity index is 1.92. The Bertz CT molecular complexity index is 988. The van der Waals surface area contributed by atoms with Crippen LogP contribution in [0.1, 0.15) is 31.7 Å². The molecule has 31 heavy (non-hydrogen) atoms. The van der Waals surface area contributed by atoms with Crippen molar-refractivity contribution in [3.63, 3.8) is 0 Å². The lowest BCUT2D eigenvalue weighted by molar-refractivity contribution is -0.118. The Morgan fingerprint density at radius 2 is 1.84 bits per heavy atom. The van der Waals surface area contributed by atoms with Gasteiger partial charge in [0, 0.05) is 13.1 Å². The van der Waals surface area contributed by atoms with Crippen LogP contribution < -0.4 is 10.1 Å². The number of nitrogens with one attached hydrogen (secondary N) is 1. The highest BCUT2D eigenvalue weighted by Crippen LogP contribution is 2.33. The first-order valence-corrected chi connectivity index (χ1v) is 11.9. The Morgan fingerprint density at radius 1 is 1.16 bits per heavy atom. The fourth-order valence-electron chi connectivity index (χ4n) is 3.73. The molecule has 2 atom stereocenters. The summed E-state index contributed by atoms with van der Waals surface area (Å²) in [7, 11) is -2.20. The number of morpholine rings is 1. The summed E-state index contributed by atoms with van der Waals surface area (Å²) in [5.41, 5.74) is 1.26. The summed E-state index contributed by atoms with van der Waals surface area (Å²) in [4.78, 5) is 13.4. The van der Waals surface area contributed by atoms with Crippen LogP contribution in [0.15, 0.2) is 53.4 Å². The highest BCUT2D eigenvalue weighted by molar-refractivity contribution is 7.89. The standard InChI is InChI=1S/C23H30N2O5S/c1-4-17(2)22(18-8-6-5-7-9-18)23(26)24-20-16-19(10-11-21(20)29-3)31(27,28)25-12-14-30-15-13-25/h5-11,16-17,22H,4,12-15H2,1-3H3,(H,24,26)/t17-,22+/m0/s1. The Kier molecular flexibility index (Phi) is 7.69. The van der Waals surface area contributed by atoms with Gasteiger partial charge < -0.3 is 14.8 Å². The summed E-state index contributed by atoms with van der Waals surface area (Å²) < 4.78 is 38.2. The quantitative estimate of drug-likeness (QED) is 0.671. The molecule has 168 valence electrons. The molecular weight excluding hydrogens is 416 g/mol. The highest BCUT2D eigenvalue weighted by atomic mass is 32.2. The zero-order chi connectivity index (χ0) is 22.4. The molecule has 0 bridgehead atoms. The minimum Gasteiger partial charge on any atom is -0.495 e. The van der Waals surface area contributed by atoms with Crippen LogP contribution in [-0.4, -0.2) is 52.0 Å². The monoisotopic (exact) mass is 446 g/mol. The molecule has 0 saturated carbocycles. The lowest BCUT2D eigenvalue weighted by Gasteiger charge is -2.26. The second-order valence-corrected chi connectivity index (χ2v) is 9.58. The number of methoxy groups -OCH3 is 1. The number of nitrogens with zero attached hydrogens (tertiary/aromatic N) is 1. The van der Waals surface area contributed by atoms with E-state index < -0.39 is 10.0 Å². The maximum atomic E-state index is 13.3. The smallest absolute Gasteiger partial charge is 0.243 e. The number of ether oxygens (including phenoxy) is 2. The third-order valence-corrected chi connectivity index (χ3v) is 7.59. The van der Waals surface area contributed by atoms with Gasteiger partial charge in [0.2, 0.25) is 15.9 Å². The van der Waals surface area contributed by atoms with Crippen LogP contribution in [0.4, 0.5) is 5.69 Å². The summed E-state index contributed by atoms with van der Waals surface area (Å²) in [6, 6.07) is 14.2. The van der Waals surface area contributed by atoms with Crippen LogP contribution in [0, 0.1) is 5.92 Å². The predicted molar refractivity (Wildman–Crippen MR) is 120 cm³/mol. The molecule has 0 unspecified atom stereocenters. The van der Waals surface area contributed by atoms with Gasteiger partial charge in [-0.05, 0) is 29.7 Å². The van der Waals surface area contributed by atoms with Crippen molar-refractivity contribution < 1.29 is 22.7 Å². The van der Waals surface area contributed by atoms with Crippen molar-refractivity contribution in [2.45, 2.75) is 31.1 Å². The van der Waals surface area contributed by atoms with Gasteiger partial charge in [0.25, 0.3) is 0 Å². The minimum atomic E-state index is -3.69. The molecule has 1 aliphatic rings. The lowest BCUT2D eigenvalue weighted by atomic mass is 9.85. The normalized spacial score (nSPS) is 17.0. The van der Waals surface area contributed by atoms with E-state index in [9.17, 15) is 13.2 Å².